The Hall–Kier alpha value is -1.19. The summed E-state index contributed by atoms with van der Waals surface area (Å²) in [4.78, 5) is 7.48. The average Bonchev–Trinajstić information content (AvgIpc) is 2.66. The first-order chi connectivity index (χ1) is 9.19. The fourth-order valence-electron chi connectivity index (χ4n) is 5.23. The lowest BCUT2D eigenvalue weighted by molar-refractivity contribution is -0.0305. The minimum atomic E-state index is 0.682. The van der Waals surface area contributed by atoms with E-state index < -0.39 is 0 Å². The van der Waals surface area contributed by atoms with Crippen molar-refractivity contribution in [2.24, 2.45) is 29.6 Å². The van der Waals surface area contributed by atoms with Gasteiger partial charge in [-0.25, -0.2) is 4.98 Å². The first-order valence-corrected chi connectivity index (χ1v) is 7.75. The third kappa shape index (κ3) is 1.92. The zero-order valence-electron chi connectivity index (χ0n) is 11.7. The molecule has 4 saturated carbocycles. The van der Waals surface area contributed by atoms with Gasteiger partial charge in [0.15, 0.2) is 5.82 Å². The van der Waals surface area contributed by atoms with Crippen molar-refractivity contribution in [1.29, 1.82) is 0 Å². The number of nitrogens with zero attached hydrogens (tertiary/aromatic N) is 1. The Bertz CT molecular complexity index is 450. The summed E-state index contributed by atoms with van der Waals surface area (Å²) in [6.07, 6.45) is 7.45. The molecule has 104 valence electrons. The van der Waals surface area contributed by atoms with Crippen molar-refractivity contribution in [3.63, 3.8) is 0 Å². The Balaban J connectivity index is 1.44. The Kier molecular flexibility index (Phi) is 2.54. The molecule has 19 heavy (non-hydrogen) atoms. The number of rotatable bonds is 3. The fraction of sp³-hybridized carbons (Fsp3) is 0.800. The number of nitrogens with two attached hydrogens (primary N) is 1. The lowest BCUT2D eigenvalue weighted by Crippen LogP contribution is -2.47. The second-order valence-electron chi connectivity index (χ2n) is 7.06. The number of hydrogen-bond donors (Lipinski definition) is 3. The monoisotopic (exact) mass is 260 g/mol. The second-order valence-corrected chi connectivity index (χ2v) is 7.06. The number of H-pyrrole nitrogens is 1. The van der Waals surface area contributed by atoms with Gasteiger partial charge < -0.3 is 16.0 Å². The van der Waals surface area contributed by atoms with E-state index in [2.05, 4.69) is 15.3 Å². The topological polar surface area (TPSA) is 66.7 Å². The van der Waals surface area contributed by atoms with Gasteiger partial charge >= 0.3 is 0 Å². The van der Waals surface area contributed by atoms with Gasteiger partial charge in [-0.3, -0.25) is 0 Å². The molecule has 0 amide bonds. The smallest absolute Gasteiger partial charge is 0.168 e. The van der Waals surface area contributed by atoms with Gasteiger partial charge in [-0.1, -0.05) is 0 Å². The summed E-state index contributed by atoms with van der Waals surface area (Å²) in [5.41, 5.74) is 5.92. The van der Waals surface area contributed by atoms with Crippen LogP contribution in [0.1, 0.15) is 37.9 Å². The Morgan fingerprint density at radius 1 is 1.16 bits per heavy atom. The third-order valence-electron chi connectivity index (χ3n) is 5.78. The number of hydrogen-bond acceptors (Lipinski definition) is 3. The fourth-order valence-corrected chi connectivity index (χ4v) is 5.23. The second kappa shape index (κ2) is 4.15. The molecule has 0 aliphatic heterocycles. The van der Waals surface area contributed by atoms with Crippen molar-refractivity contribution in [2.45, 2.75) is 39.0 Å². The summed E-state index contributed by atoms with van der Waals surface area (Å²) < 4.78 is 0. The number of aromatic nitrogens is 2. The highest BCUT2D eigenvalue weighted by Crippen LogP contribution is 2.56. The van der Waals surface area contributed by atoms with Gasteiger partial charge in [0.2, 0.25) is 0 Å². The molecule has 4 aliphatic rings. The molecule has 0 unspecified atom stereocenters. The highest BCUT2D eigenvalue weighted by atomic mass is 15.1. The van der Waals surface area contributed by atoms with Crippen LogP contribution < -0.4 is 11.1 Å². The van der Waals surface area contributed by atoms with E-state index in [1.165, 1.54) is 32.1 Å². The number of imidazole rings is 1. The van der Waals surface area contributed by atoms with Crippen LogP contribution >= 0.6 is 0 Å². The van der Waals surface area contributed by atoms with E-state index in [9.17, 15) is 0 Å². The number of nitrogen functional groups attached to an aromatic ring is 1. The first kappa shape index (κ1) is 11.6. The maximum atomic E-state index is 5.92. The van der Waals surface area contributed by atoms with E-state index in [1.54, 1.807) is 0 Å². The molecule has 4 nitrogen and oxygen atoms in total. The normalized spacial score (nSPS) is 39.7. The molecule has 0 radical (unpaired) electrons. The molecule has 1 heterocycles. The molecule has 0 atom stereocenters. The summed E-state index contributed by atoms with van der Waals surface area (Å²) in [6.45, 7) is 3.01. The van der Waals surface area contributed by atoms with Gasteiger partial charge in [-0.15, -0.1) is 0 Å². The molecule has 1 aromatic heterocycles. The van der Waals surface area contributed by atoms with E-state index in [0.717, 1.165) is 47.8 Å². The zero-order chi connectivity index (χ0) is 13.0. The Labute approximate surface area is 114 Å². The first-order valence-electron chi connectivity index (χ1n) is 7.75. The lowest BCUT2D eigenvalue weighted by Gasteiger charge is -2.54. The Morgan fingerprint density at radius 2 is 1.79 bits per heavy atom. The highest BCUT2D eigenvalue weighted by molar-refractivity contribution is 5.56. The summed E-state index contributed by atoms with van der Waals surface area (Å²) >= 11 is 0. The number of aryl methyl sites for hydroxylation is 1. The van der Waals surface area contributed by atoms with Crippen LogP contribution in [0.4, 0.5) is 11.6 Å². The molecule has 0 saturated heterocycles. The van der Waals surface area contributed by atoms with Gasteiger partial charge in [-0.2, -0.15) is 0 Å². The van der Waals surface area contributed by atoms with Gasteiger partial charge in [0.1, 0.15) is 11.6 Å². The Morgan fingerprint density at radius 3 is 2.32 bits per heavy atom. The zero-order valence-corrected chi connectivity index (χ0v) is 11.7. The number of nitrogens with one attached hydrogen (secondary N) is 2. The molecule has 5 rings (SSSR count). The van der Waals surface area contributed by atoms with Crippen LogP contribution in [0, 0.1) is 36.5 Å². The molecule has 4 aliphatic carbocycles. The summed E-state index contributed by atoms with van der Waals surface area (Å²) in [6, 6.07) is 0. The quantitative estimate of drug-likeness (QED) is 0.783. The predicted octanol–water partition coefficient (Wildman–Crippen LogP) is 2.78. The van der Waals surface area contributed by atoms with Crippen molar-refractivity contribution in [3.8, 4) is 0 Å². The molecule has 4 N–H and O–H groups in total. The molecule has 1 aromatic rings. The van der Waals surface area contributed by atoms with Gasteiger partial charge in [0, 0.05) is 6.54 Å². The van der Waals surface area contributed by atoms with Crippen molar-refractivity contribution >= 4 is 11.6 Å². The maximum absolute atomic E-state index is 5.92. The van der Waals surface area contributed by atoms with E-state index in [0.29, 0.717) is 5.82 Å². The van der Waals surface area contributed by atoms with Crippen LogP contribution in [0.3, 0.4) is 0 Å². The van der Waals surface area contributed by atoms with Crippen LogP contribution in [0.5, 0.6) is 0 Å². The van der Waals surface area contributed by atoms with E-state index in [-0.39, 0.29) is 0 Å². The van der Waals surface area contributed by atoms with Crippen LogP contribution in [-0.4, -0.2) is 16.5 Å². The van der Waals surface area contributed by atoms with Crippen molar-refractivity contribution in [1.82, 2.24) is 9.97 Å². The van der Waals surface area contributed by atoms with Gasteiger partial charge in [0.25, 0.3) is 0 Å². The van der Waals surface area contributed by atoms with Crippen molar-refractivity contribution in [3.05, 3.63) is 5.82 Å². The van der Waals surface area contributed by atoms with E-state index in [4.69, 9.17) is 5.73 Å². The summed E-state index contributed by atoms with van der Waals surface area (Å²) in [5, 5.41) is 3.49. The highest BCUT2D eigenvalue weighted by Gasteiger charge is 2.47. The van der Waals surface area contributed by atoms with Crippen LogP contribution in [-0.2, 0) is 0 Å². The van der Waals surface area contributed by atoms with Crippen molar-refractivity contribution in [2.75, 3.05) is 17.6 Å². The molecule has 0 aromatic carbocycles. The van der Waals surface area contributed by atoms with Gasteiger partial charge in [-0.05, 0) is 68.6 Å². The maximum Gasteiger partial charge on any atom is 0.168 e. The summed E-state index contributed by atoms with van der Waals surface area (Å²) in [7, 11) is 0. The minimum Gasteiger partial charge on any atom is -0.382 e. The largest absolute Gasteiger partial charge is 0.382 e. The molecule has 4 bridgehead atoms. The summed E-state index contributed by atoms with van der Waals surface area (Å²) in [5.74, 6) is 7.31. The van der Waals surface area contributed by atoms with E-state index >= 15 is 0 Å². The number of anilines is 2. The third-order valence-corrected chi connectivity index (χ3v) is 5.78. The minimum absolute atomic E-state index is 0.682. The number of aromatic amines is 1. The van der Waals surface area contributed by atoms with Crippen LogP contribution in [0.15, 0.2) is 0 Å². The molecule has 0 spiro atoms. The molecular weight excluding hydrogens is 236 g/mol. The van der Waals surface area contributed by atoms with Crippen LogP contribution in [0.25, 0.3) is 0 Å². The standard InChI is InChI=1S/C15H24N4/c1-8-18-14(16)15(19-8)17-7-13-11-3-9-2-10(5-11)6-12(13)4-9/h9-13,17H,2-7,16H2,1H3,(H,18,19). The van der Waals surface area contributed by atoms with Crippen LogP contribution in [0.2, 0.25) is 0 Å². The molecule has 4 fully saturated rings. The molecular formula is C15H24N4. The molecule has 4 heteroatoms. The average molecular weight is 260 g/mol. The lowest BCUT2D eigenvalue weighted by atomic mass is 9.52. The SMILES string of the molecule is Cc1nc(NCC2C3CC4CC(C3)CC2C4)c(N)[nH]1. The predicted molar refractivity (Wildman–Crippen MR) is 76.8 cm³/mol. The van der Waals surface area contributed by atoms with Crippen molar-refractivity contribution < 1.29 is 0 Å². The van der Waals surface area contributed by atoms with E-state index in [1.807, 2.05) is 6.92 Å². The van der Waals surface area contributed by atoms with Gasteiger partial charge in [0.05, 0.1) is 0 Å².